The Kier molecular flexibility index (Phi) is 7.14. The van der Waals surface area contributed by atoms with E-state index in [1.54, 1.807) is 0 Å². The average molecular weight is 702 g/mol. The Labute approximate surface area is 317 Å². The zero-order valence-electron chi connectivity index (χ0n) is 29.6. The van der Waals surface area contributed by atoms with E-state index < -0.39 is 0 Å². The molecule has 11 rings (SSSR count). The van der Waals surface area contributed by atoms with Gasteiger partial charge in [0.15, 0.2) is 5.82 Å². The van der Waals surface area contributed by atoms with Crippen LogP contribution in [-0.4, -0.2) is 15.0 Å². The molecule has 0 N–H and O–H groups in total. The number of rotatable bonds is 5. The lowest BCUT2D eigenvalue weighted by Crippen LogP contribution is -1.98. The van der Waals surface area contributed by atoms with Gasteiger partial charge in [-0.15, -0.1) is 0 Å². The Morgan fingerprint density at radius 1 is 0.364 bits per heavy atom. The summed E-state index contributed by atoms with van der Waals surface area (Å²) in [6, 6.07) is 65.4. The molecule has 0 bridgehead atoms. The first kappa shape index (κ1) is 31.1. The maximum atomic E-state index is 6.78. The molecule has 8 aromatic carbocycles. The number of hydrogen-bond acceptors (Lipinski definition) is 4. The zero-order valence-corrected chi connectivity index (χ0v) is 29.6. The highest BCUT2D eigenvalue weighted by Gasteiger charge is 2.22. The van der Waals surface area contributed by atoms with Gasteiger partial charge in [0, 0.05) is 33.0 Å². The molecule has 11 aromatic rings. The molecule has 0 saturated carbocycles. The number of nitrogens with zero attached hydrogens (tertiary/aromatic N) is 3. The molecule has 55 heavy (non-hydrogen) atoms. The van der Waals surface area contributed by atoms with Gasteiger partial charge in [-0.2, -0.15) is 0 Å². The zero-order chi connectivity index (χ0) is 36.3. The van der Waals surface area contributed by atoms with Crippen molar-refractivity contribution in [2.24, 2.45) is 0 Å². The molecule has 3 aromatic heterocycles. The smallest absolute Gasteiger partial charge is 0.160 e. The maximum Gasteiger partial charge on any atom is 0.160 e. The van der Waals surface area contributed by atoms with Crippen LogP contribution in [0.15, 0.2) is 192 Å². The maximum absolute atomic E-state index is 6.78. The minimum absolute atomic E-state index is 0.651. The second-order valence-electron chi connectivity index (χ2n) is 13.9. The summed E-state index contributed by atoms with van der Waals surface area (Å²) < 4.78 is 6.78. The number of furan rings is 1. The first-order chi connectivity index (χ1) is 27.3. The molecule has 0 aliphatic heterocycles. The fraction of sp³-hybridized carbons (Fsp3) is 0. The summed E-state index contributed by atoms with van der Waals surface area (Å²) in [6.45, 7) is 0. The van der Waals surface area contributed by atoms with Gasteiger partial charge >= 0.3 is 0 Å². The minimum atomic E-state index is 0.651. The lowest BCUT2D eigenvalue weighted by molar-refractivity contribution is 0.672. The van der Waals surface area contributed by atoms with Gasteiger partial charge in [0.25, 0.3) is 0 Å². The fourth-order valence-electron chi connectivity index (χ4n) is 8.05. The molecule has 0 radical (unpaired) electrons. The summed E-state index contributed by atoms with van der Waals surface area (Å²) in [5, 5.41) is 7.71. The van der Waals surface area contributed by atoms with Gasteiger partial charge < -0.3 is 4.42 Å². The van der Waals surface area contributed by atoms with E-state index in [4.69, 9.17) is 19.4 Å². The normalized spacial score (nSPS) is 11.6. The summed E-state index contributed by atoms with van der Waals surface area (Å²) in [5.41, 5.74) is 11.2. The molecule has 4 nitrogen and oxygen atoms in total. The SMILES string of the molecule is c1ccc(-c2ccc(-c3nc(-c4ccccc4)cc(-c4cccc5c4nc(-c4cc6ccccc6c6ccccc46)c4c6ccccc6oc54)n3)cc2)cc1. The van der Waals surface area contributed by atoms with Gasteiger partial charge in [0.2, 0.25) is 0 Å². The molecular weight excluding hydrogens is 671 g/mol. The van der Waals surface area contributed by atoms with Crippen LogP contribution in [0.3, 0.4) is 0 Å². The first-order valence-corrected chi connectivity index (χ1v) is 18.5. The van der Waals surface area contributed by atoms with Gasteiger partial charge in [-0.25, -0.2) is 15.0 Å². The number of pyridine rings is 1. The van der Waals surface area contributed by atoms with Crippen LogP contribution in [0.4, 0.5) is 0 Å². The Morgan fingerprint density at radius 2 is 0.964 bits per heavy atom. The van der Waals surface area contributed by atoms with Crippen molar-refractivity contribution in [3.8, 4) is 56.3 Å². The number of aromatic nitrogens is 3. The highest BCUT2D eigenvalue weighted by Crippen LogP contribution is 2.44. The molecule has 0 aliphatic rings. The summed E-state index contributed by atoms with van der Waals surface area (Å²) in [5.74, 6) is 0.651. The van der Waals surface area contributed by atoms with Crippen molar-refractivity contribution in [3.05, 3.63) is 188 Å². The number of fused-ring (bicyclic) bond motifs is 8. The Bertz CT molecular complexity index is 3240. The Hall–Kier alpha value is -7.43. The molecule has 3 heterocycles. The van der Waals surface area contributed by atoms with E-state index >= 15 is 0 Å². The predicted octanol–water partition coefficient (Wildman–Crippen LogP) is 13.6. The van der Waals surface area contributed by atoms with Crippen molar-refractivity contribution in [2.75, 3.05) is 0 Å². The monoisotopic (exact) mass is 701 g/mol. The quantitative estimate of drug-likeness (QED) is 0.168. The van der Waals surface area contributed by atoms with Crippen molar-refractivity contribution >= 4 is 54.4 Å². The molecule has 0 saturated heterocycles. The topological polar surface area (TPSA) is 51.8 Å². The second kappa shape index (κ2) is 12.6. The van der Waals surface area contributed by atoms with Crippen molar-refractivity contribution in [2.45, 2.75) is 0 Å². The molecule has 0 unspecified atom stereocenters. The van der Waals surface area contributed by atoms with Gasteiger partial charge in [-0.05, 0) is 56.9 Å². The van der Waals surface area contributed by atoms with Gasteiger partial charge in [-0.1, -0.05) is 164 Å². The van der Waals surface area contributed by atoms with Crippen LogP contribution < -0.4 is 0 Å². The van der Waals surface area contributed by atoms with Gasteiger partial charge in [0.05, 0.1) is 28.0 Å². The molecule has 4 heteroatoms. The van der Waals surface area contributed by atoms with E-state index in [2.05, 4.69) is 152 Å². The van der Waals surface area contributed by atoms with E-state index in [0.29, 0.717) is 5.82 Å². The van der Waals surface area contributed by atoms with Crippen LogP contribution in [-0.2, 0) is 0 Å². The van der Waals surface area contributed by atoms with E-state index in [9.17, 15) is 0 Å². The molecule has 256 valence electrons. The van der Waals surface area contributed by atoms with Crippen LogP contribution in [0.5, 0.6) is 0 Å². The van der Waals surface area contributed by atoms with Gasteiger partial charge in [0.1, 0.15) is 11.2 Å². The Balaban J connectivity index is 1.19. The highest BCUT2D eigenvalue weighted by molar-refractivity contribution is 6.24. The largest absolute Gasteiger partial charge is 0.455 e. The summed E-state index contributed by atoms with van der Waals surface area (Å²) in [4.78, 5) is 16.1. The molecule has 0 spiro atoms. The van der Waals surface area contributed by atoms with E-state index in [1.807, 2.05) is 36.4 Å². The first-order valence-electron chi connectivity index (χ1n) is 18.5. The fourth-order valence-corrected chi connectivity index (χ4v) is 8.05. The predicted molar refractivity (Wildman–Crippen MR) is 227 cm³/mol. The molecule has 0 amide bonds. The summed E-state index contributed by atoms with van der Waals surface area (Å²) in [6.07, 6.45) is 0. The van der Waals surface area contributed by atoms with Crippen LogP contribution in [0.2, 0.25) is 0 Å². The van der Waals surface area contributed by atoms with E-state index in [0.717, 1.165) is 83.1 Å². The van der Waals surface area contributed by atoms with E-state index in [1.165, 1.54) is 21.7 Å². The van der Waals surface area contributed by atoms with Crippen LogP contribution >= 0.6 is 0 Å². The third kappa shape index (κ3) is 5.19. The highest BCUT2D eigenvalue weighted by atomic mass is 16.3. The van der Waals surface area contributed by atoms with Crippen molar-refractivity contribution in [1.29, 1.82) is 0 Å². The summed E-state index contributed by atoms with van der Waals surface area (Å²) >= 11 is 0. The van der Waals surface area contributed by atoms with Crippen LogP contribution in [0, 0.1) is 0 Å². The third-order valence-electron chi connectivity index (χ3n) is 10.7. The number of benzene rings is 8. The average Bonchev–Trinajstić information content (AvgIpc) is 3.66. The minimum Gasteiger partial charge on any atom is -0.455 e. The lowest BCUT2D eigenvalue weighted by Gasteiger charge is -2.15. The third-order valence-corrected chi connectivity index (χ3v) is 10.7. The van der Waals surface area contributed by atoms with Crippen molar-refractivity contribution in [1.82, 2.24) is 15.0 Å². The molecule has 0 aliphatic carbocycles. The standard InChI is InChI=1S/C51H31N3O/c1-3-14-32(15-4-1)33-26-28-35(29-27-33)51-52-44(34-16-5-2-6-17-34)31-45(53-51)40-23-13-24-42-48(40)54-49(47-41-22-11-12-25-46(41)55-50(42)47)43-30-36-18-7-8-19-37(36)38-20-9-10-21-39(38)43/h1-31H. The molecule has 0 atom stereocenters. The van der Waals surface area contributed by atoms with Crippen LogP contribution in [0.1, 0.15) is 0 Å². The number of hydrogen-bond donors (Lipinski definition) is 0. The second-order valence-corrected chi connectivity index (χ2v) is 13.9. The Morgan fingerprint density at radius 3 is 1.76 bits per heavy atom. The lowest BCUT2D eigenvalue weighted by atomic mass is 9.93. The van der Waals surface area contributed by atoms with Gasteiger partial charge in [-0.3, -0.25) is 0 Å². The van der Waals surface area contributed by atoms with E-state index in [-0.39, 0.29) is 0 Å². The van der Waals surface area contributed by atoms with Crippen molar-refractivity contribution < 1.29 is 4.42 Å². The van der Waals surface area contributed by atoms with Crippen molar-refractivity contribution in [3.63, 3.8) is 0 Å². The molecule has 0 fully saturated rings. The van der Waals surface area contributed by atoms with Crippen LogP contribution in [0.25, 0.3) is 111 Å². The summed E-state index contributed by atoms with van der Waals surface area (Å²) in [7, 11) is 0. The molecular formula is C51H31N3O. The number of para-hydroxylation sites is 2.